The van der Waals surface area contributed by atoms with Gasteiger partial charge in [-0.1, -0.05) is 33.1 Å². The summed E-state index contributed by atoms with van der Waals surface area (Å²) in [6.07, 6.45) is 8.55. The largest absolute Gasteiger partial charge is 0.390 e. The molecule has 0 aromatic carbocycles. The van der Waals surface area contributed by atoms with Crippen molar-refractivity contribution < 1.29 is 9.84 Å². The molecule has 2 aliphatic carbocycles. The quantitative estimate of drug-likeness (QED) is 0.801. The topological polar surface area (TPSA) is 29.5 Å². The fraction of sp³-hybridized carbons (Fsp3) is 1.00. The monoisotopic (exact) mass is 226 g/mol. The van der Waals surface area contributed by atoms with Crippen molar-refractivity contribution in [3.05, 3.63) is 0 Å². The Bertz CT molecular complexity index is 219. The van der Waals surface area contributed by atoms with Crippen LogP contribution >= 0.6 is 0 Å². The molecule has 1 N–H and O–H groups in total. The molecule has 94 valence electrons. The second kappa shape index (κ2) is 5.05. The summed E-state index contributed by atoms with van der Waals surface area (Å²) >= 11 is 0. The van der Waals surface area contributed by atoms with Crippen LogP contribution in [0.4, 0.5) is 0 Å². The summed E-state index contributed by atoms with van der Waals surface area (Å²) in [4.78, 5) is 0. The van der Waals surface area contributed by atoms with Crippen molar-refractivity contribution in [3.63, 3.8) is 0 Å². The maximum absolute atomic E-state index is 10.2. The predicted molar refractivity (Wildman–Crippen MR) is 65.3 cm³/mol. The van der Waals surface area contributed by atoms with Crippen LogP contribution in [0.3, 0.4) is 0 Å². The summed E-state index contributed by atoms with van der Waals surface area (Å²) in [5, 5.41) is 10.2. The lowest BCUT2D eigenvalue weighted by molar-refractivity contribution is -0.118. The first-order valence-corrected chi connectivity index (χ1v) is 6.89. The van der Waals surface area contributed by atoms with Gasteiger partial charge in [0.05, 0.1) is 12.2 Å². The number of aliphatic hydroxyl groups is 1. The first-order valence-electron chi connectivity index (χ1n) is 6.89. The summed E-state index contributed by atoms with van der Waals surface area (Å²) in [5.41, 5.74) is 0.0403. The standard InChI is InChI=1S/C14H26O2/c1-14(2)9-5-8-12(13(14)15)16-10-11-6-3-4-7-11/h11-13,15H,3-10H2,1-2H3. The van der Waals surface area contributed by atoms with Crippen LogP contribution < -0.4 is 0 Å². The van der Waals surface area contributed by atoms with Gasteiger partial charge in [-0.2, -0.15) is 0 Å². The molecular formula is C14H26O2. The van der Waals surface area contributed by atoms with E-state index in [9.17, 15) is 5.11 Å². The zero-order valence-electron chi connectivity index (χ0n) is 10.7. The molecule has 0 aromatic rings. The van der Waals surface area contributed by atoms with Crippen LogP contribution in [0.5, 0.6) is 0 Å². The average molecular weight is 226 g/mol. The highest BCUT2D eigenvalue weighted by Gasteiger charge is 2.38. The Morgan fingerprint density at radius 3 is 2.50 bits per heavy atom. The van der Waals surface area contributed by atoms with Gasteiger partial charge in [-0.15, -0.1) is 0 Å². The van der Waals surface area contributed by atoms with Crippen LogP contribution in [-0.2, 0) is 4.74 Å². The fourth-order valence-electron chi connectivity index (χ4n) is 3.18. The minimum atomic E-state index is -0.275. The zero-order valence-corrected chi connectivity index (χ0v) is 10.7. The Morgan fingerprint density at radius 1 is 1.12 bits per heavy atom. The molecule has 2 rings (SSSR count). The lowest BCUT2D eigenvalue weighted by Crippen LogP contribution is -2.45. The van der Waals surface area contributed by atoms with Gasteiger partial charge in [0.1, 0.15) is 0 Å². The summed E-state index contributed by atoms with van der Waals surface area (Å²) in [7, 11) is 0. The van der Waals surface area contributed by atoms with Gasteiger partial charge in [0.2, 0.25) is 0 Å². The molecular weight excluding hydrogens is 200 g/mol. The van der Waals surface area contributed by atoms with Crippen molar-refractivity contribution >= 4 is 0 Å². The van der Waals surface area contributed by atoms with Gasteiger partial charge in [-0.05, 0) is 37.0 Å². The summed E-state index contributed by atoms with van der Waals surface area (Å²) in [6, 6.07) is 0. The third kappa shape index (κ3) is 2.78. The molecule has 0 aromatic heterocycles. The molecule has 2 nitrogen and oxygen atoms in total. The lowest BCUT2D eigenvalue weighted by atomic mass is 9.73. The highest BCUT2D eigenvalue weighted by atomic mass is 16.5. The van der Waals surface area contributed by atoms with Crippen LogP contribution in [-0.4, -0.2) is 23.9 Å². The van der Waals surface area contributed by atoms with Gasteiger partial charge in [-0.25, -0.2) is 0 Å². The predicted octanol–water partition coefficient (Wildman–Crippen LogP) is 3.13. The molecule has 2 unspecified atom stereocenters. The van der Waals surface area contributed by atoms with E-state index in [1.165, 1.54) is 32.1 Å². The fourth-order valence-corrected chi connectivity index (χ4v) is 3.18. The number of hydrogen-bond donors (Lipinski definition) is 1. The van der Waals surface area contributed by atoms with Crippen LogP contribution in [0, 0.1) is 11.3 Å². The molecule has 0 radical (unpaired) electrons. The Morgan fingerprint density at radius 2 is 1.81 bits per heavy atom. The third-order valence-electron chi connectivity index (χ3n) is 4.48. The second-order valence-electron chi connectivity index (χ2n) is 6.35. The highest BCUT2D eigenvalue weighted by molar-refractivity contribution is 4.89. The second-order valence-corrected chi connectivity index (χ2v) is 6.35. The Labute approximate surface area is 99.4 Å². The number of aliphatic hydroxyl groups excluding tert-OH is 1. The van der Waals surface area contributed by atoms with Crippen molar-refractivity contribution in [1.29, 1.82) is 0 Å². The molecule has 0 aliphatic heterocycles. The van der Waals surface area contributed by atoms with Crippen molar-refractivity contribution in [2.45, 2.75) is 71.0 Å². The third-order valence-corrected chi connectivity index (χ3v) is 4.48. The van der Waals surface area contributed by atoms with E-state index in [1.54, 1.807) is 0 Å². The van der Waals surface area contributed by atoms with Crippen LogP contribution in [0.2, 0.25) is 0 Å². The normalized spacial score (nSPS) is 35.4. The maximum atomic E-state index is 10.2. The highest BCUT2D eigenvalue weighted by Crippen LogP contribution is 2.37. The van der Waals surface area contributed by atoms with E-state index >= 15 is 0 Å². The van der Waals surface area contributed by atoms with Crippen molar-refractivity contribution in [2.24, 2.45) is 11.3 Å². The molecule has 0 bridgehead atoms. The van der Waals surface area contributed by atoms with E-state index in [0.717, 1.165) is 25.4 Å². The van der Waals surface area contributed by atoms with E-state index in [0.29, 0.717) is 0 Å². The van der Waals surface area contributed by atoms with Crippen molar-refractivity contribution in [3.8, 4) is 0 Å². The van der Waals surface area contributed by atoms with Crippen LogP contribution in [0.25, 0.3) is 0 Å². The van der Waals surface area contributed by atoms with Gasteiger partial charge in [0, 0.05) is 6.61 Å². The molecule has 2 atom stereocenters. The van der Waals surface area contributed by atoms with Gasteiger partial charge >= 0.3 is 0 Å². The molecule has 2 aliphatic rings. The first-order chi connectivity index (χ1) is 7.59. The van der Waals surface area contributed by atoms with Crippen LogP contribution in [0.1, 0.15) is 58.8 Å². The number of hydrogen-bond acceptors (Lipinski definition) is 2. The first kappa shape index (κ1) is 12.4. The number of rotatable bonds is 3. The van der Waals surface area contributed by atoms with E-state index in [-0.39, 0.29) is 17.6 Å². The van der Waals surface area contributed by atoms with Crippen molar-refractivity contribution in [2.75, 3.05) is 6.61 Å². The smallest absolute Gasteiger partial charge is 0.0852 e. The van der Waals surface area contributed by atoms with Gasteiger partial charge in [-0.3, -0.25) is 0 Å². The molecule has 0 saturated heterocycles. The zero-order chi connectivity index (χ0) is 11.6. The number of ether oxygens (including phenoxy) is 1. The van der Waals surface area contributed by atoms with E-state index in [4.69, 9.17) is 4.74 Å². The van der Waals surface area contributed by atoms with E-state index in [1.807, 2.05) is 0 Å². The summed E-state index contributed by atoms with van der Waals surface area (Å²) in [5.74, 6) is 0.761. The lowest BCUT2D eigenvalue weighted by Gasteiger charge is -2.40. The summed E-state index contributed by atoms with van der Waals surface area (Å²) in [6.45, 7) is 5.18. The molecule has 2 heteroatoms. The Kier molecular flexibility index (Phi) is 3.91. The van der Waals surface area contributed by atoms with Crippen molar-refractivity contribution in [1.82, 2.24) is 0 Å². The molecule has 0 spiro atoms. The average Bonchev–Trinajstić information content (AvgIpc) is 2.73. The molecule has 2 saturated carbocycles. The molecule has 0 heterocycles. The minimum Gasteiger partial charge on any atom is -0.390 e. The summed E-state index contributed by atoms with van der Waals surface area (Å²) < 4.78 is 5.96. The maximum Gasteiger partial charge on any atom is 0.0852 e. The molecule has 2 fully saturated rings. The molecule has 0 amide bonds. The van der Waals surface area contributed by atoms with Gasteiger partial charge in [0.15, 0.2) is 0 Å². The SMILES string of the molecule is CC1(C)CCCC(OCC2CCCC2)C1O. The Balaban J connectivity index is 1.79. The van der Waals surface area contributed by atoms with Gasteiger partial charge < -0.3 is 9.84 Å². The molecule has 16 heavy (non-hydrogen) atoms. The Hall–Kier alpha value is -0.0800. The van der Waals surface area contributed by atoms with E-state index < -0.39 is 0 Å². The van der Waals surface area contributed by atoms with Crippen LogP contribution in [0.15, 0.2) is 0 Å². The van der Waals surface area contributed by atoms with E-state index in [2.05, 4.69) is 13.8 Å². The minimum absolute atomic E-state index is 0.0403. The van der Waals surface area contributed by atoms with Gasteiger partial charge in [0.25, 0.3) is 0 Å².